The van der Waals surface area contributed by atoms with Crippen molar-refractivity contribution in [3.05, 3.63) is 63.2 Å². The highest BCUT2D eigenvalue weighted by Gasteiger charge is 2.08. The fraction of sp³-hybridized carbons (Fsp3) is 0.250. The van der Waals surface area contributed by atoms with Crippen molar-refractivity contribution < 1.29 is 0 Å². The quantitative estimate of drug-likeness (QED) is 0.337. The van der Waals surface area contributed by atoms with Gasteiger partial charge in [-0.3, -0.25) is 11.3 Å². The fourth-order valence-electron chi connectivity index (χ4n) is 1.90. The van der Waals surface area contributed by atoms with Crippen LogP contribution >= 0.6 is 34.4 Å². The van der Waals surface area contributed by atoms with Crippen molar-refractivity contribution in [3.8, 4) is 0 Å². The van der Waals surface area contributed by atoms with Crippen LogP contribution in [0.3, 0.4) is 0 Å². The molecule has 0 spiro atoms. The highest BCUT2D eigenvalue weighted by Crippen LogP contribution is 2.20. The van der Waals surface area contributed by atoms with Gasteiger partial charge in [0.2, 0.25) is 0 Å². The minimum Gasteiger partial charge on any atom is -0.271 e. The van der Waals surface area contributed by atoms with Crippen LogP contribution in [0.1, 0.15) is 11.1 Å². The Labute approximate surface area is 138 Å². The van der Waals surface area contributed by atoms with Gasteiger partial charge in [-0.2, -0.15) is 0 Å². The molecule has 0 aliphatic carbocycles. The van der Waals surface area contributed by atoms with Crippen molar-refractivity contribution in [1.29, 1.82) is 0 Å². The highest BCUT2D eigenvalue weighted by molar-refractivity contribution is 14.1. The summed E-state index contributed by atoms with van der Waals surface area (Å²) in [5.41, 5.74) is 5.53. The lowest BCUT2D eigenvalue weighted by Crippen LogP contribution is -2.38. The number of thioether (sulfide) groups is 1. The summed E-state index contributed by atoms with van der Waals surface area (Å²) in [5.74, 6) is 6.64. The lowest BCUT2D eigenvalue weighted by atomic mass is 10.1. The molecule has 0 aliphatic heterocycles. The molecule has 0 fully saturated rings. The third-order valence-electron chi connectivity index (χ3n) is 3.10. The molecule has 0 aliphatic rings. The van der Waals surface area contributed by atoms with Crippen molar-refractivity contribution in [2.24, 2.45) is 5.84 Å². The van der Waals surface area contributed by atoms with E-state index in [1.54, 1.807) is 0 Å². The van der Waals surface area contributed by atoms with Crippen molar-refractivity contribution in [1.82, 2.24) is 5.43 Å². The van der Waals surface area contributed by atoms with Crippen LogP contribution in [0.15, 0.2) is 53.4 Å². The standard InChI is InChI=1S/C16H19IN2S/c1-12-2-8-16(9-3-12)20-11-15(19-18)10-13-4-6-14(17)7-5-13/h2-9,15,19H,10-11,18H2,1H3. The highest BCUT2D eigenvalue weighted by atomic mass is 127. The second-order valence-electron chi connectivity index (χ2n) is 4.82. The van der Waals surface area contributed by atoms with Crippen LogP contribution in [0, 0.1) is 10.5 Å². The van der Waals surface area contributed by atoms with Gasteiger partial charge in [-0.05, 0) is 65.8 Å². The molecule has 0 saturated carbocycles. The third kappa shape index (κ3) is 5.09. The maximum absolute atomic E-state index is 5.67. The first kappa shape index (κ1) is 15.8. The molecule has 0 aromatic heterocycles. The van der Waals surface area contributed by atoms with Gasteiger partial charge in [0.1, 0.15) is 0 Å². The van der Waals surface area contributed by atoms with E-state index in [1.807, 2.05) is 11.8 Å². The molecule has 1 atom stereocenters. The average Bonchev–Trinajstić information content (AvgIpc) is 2.47. The predicted octanol–water partition coefficient (Wildman–Crippen LogP) is 3.77. The molecule has 0 heterocycles. The van der Waals surface area contributed by atoms with Crippen LogP contribution in [0.5, 0.6) is 0 Å². The summed E-state index contributed by atoms with van der Waals surface area (Å²) in [6.07, 6.45) is 0.951. The van der Waals surface area contributed by atoms with Crippen LogP contribution in [0.4, 0.5) is 0 Å². The Morgan fingerprint density at radius 3 is 2.35 bits per heavy atom. The Kier molecular flexibility index (Phi) is 6.35. The molecule has 2 rings (SSSR count). The Balaban J connectivity index is 1.88. The van der Waals surface area contributed by atoms with Gasteiger partial charge >= 0.3 is 0 Å². The monoisotopic (exact) mass is 398 g/mol. The summed E-state index contributed by atoms with van der Waals surface area (Å²) in [4.78, 5) is 1.29. The first-order chi connectivity index (χ1) is 9.67. The zero-order chi connectivity index (χ0) is 14.4. The first-order valence-corrected chi connectivity index (χ1v) is 8.64. The number of nitrogens with one attached hydrogen (secondary N) is 1. The second kappa shape index (κ2) is 8.02. The zero-order valence-electron chi connectivity index (χ0n) is 11.5. The molecule has 4 heteroatoms. The number of aryl methyl sites for hydroxylation is 1. The number of hydrazine groups is 1. The topological polar surface area (TPSA) is 38.0 Å². The van der Waals surface area contributed by atoms with Gasteiger partial charge in [0.05, 0.1) is 0 Å². The van der Waals surface area contributed by atoms with E-state index in [9.17, 15) is 0 Å². The number of benzene rings is 2. The number of rotatable bonds is 6. The summed E-state index contributed by atoms with van der Waals surface area (Å²) in [7, 11) is 0. The van der Waals surface area contributed by atoms with Crippen molar-refractivity contribution in [2.45, 2.75) is 24.3 Å². The lowest BCUT2D eigenvalue weighted by Gasteiger charge is -2.15. The van der Waals surface area contributed by atoms with Gasteiger partial charge in [0, 0.05) is 20.3 Å². The minimum atomic E-state index is 0.279. The van der Waals surface area contributed by atoms with Crippen LogP contribution < -0.4 is 11.3 Å². The van der Waals surface area contributed by atoms with Crippen molar-refractivity contribution in [3.63, 3.8) is 0 Å². The number of hydrogen-bond acceptors (Lipinski definition) is 3. The van der Waals surface area contributed by atoms with E-state index in [-0.39, 0.29) is 6.04 Å². The van der Waals surface area contributed by atoms with E-state index in [0.29, 0.717) is 0 Å². The molecule has 0 amide bonds. The molecule has 0 bridgehead atoms. The minimum absolute atomic E-state index is 0.279. The van der Waals surface area contributed by atoms with E-state index >= 15 is 0 Å². The average molecular weight is 398 g/mol. The number of halogens is 1. The molecule has 0 radical (unpaired) electrons. The molecule has 2 nitrogen and oxygen atoms in total. The molecular weight excluding hydrogens is 379 g/mol. The molecule has 2 aromatic rings. The lowest BCUT2D eigenvalue weighted by molar-refractivity contribution is 0.575. The molecular formula is C16H19IN2S. The third-order valence-corrected chi connectivity index (χ3v) is 5.00. The summed E-state index contributed by atoms with van der Waals surface area (Å²) < 4.78 is 1.26. The van der Waals surface area contributed by atoms with Crippen LogP contribution in [-0.2, 0) is 6.42 Å². The van der Waals surface area contributed by atoms with Crippen molar-refractivity contribution >= 4 is 34.4 Å². The van der Waals surface area contributed by atoms with Gasteiger partial charge in [-0.1, -0.05) is 29.8 Å². The molecule has 1 unspecified atom stereocenters. The Morgan fingerprint density at radius 1 is 1.10 bits per heavy atom. The Hall–Kier alpha value is -0.560. The largest absolute Gasteiger partial charge is 0.271 e. The van der Waals surface area contributed by atoms with E-state index < -0.39 is 0 Å². The van der Waals surface area contributed by atoms with Crippen LogP contribution in [0.2, 0.25) is 0 Å². The summed E-state index contributed by atoms with van der Waals surface area (Å²) in [5, 5.41) is 0. The van der Waals surface area contributed by atoms with Crippen LogP contribution in [-0.4, -0.2) is 11.8 Å². The molecule has 2 aromatic carbocycles. The van der Waals surface area contributed by atoms with E-state index in [1.165, 1.54) is 19.6 Å². The SMILES string of the molecule is Cc1ccc(SCC(Cc2ccc(I)cc2)NN)cc1. The molecule has 3 N–H and O–H groups in total. The van der Waals surface area contributed by atoms with Gasteiger partial charge in [-0.15, -0.1) is 11.8 Å². The summed E-state index contributed by atoms with van der Waals surface area (Å²) in [6.45, 7) is 2.11. The van der Waals surface area contributed by atoms with E-state index in [0.717, 1.165) is 12.2 Å². The van der Waals surface area contributed by atoms with Gasteiger partial charge < -0.3 is 0 Å². The zero-order valence-corrected chi connectivity index (χ0v) is 14.4. The van der Waals surface area contributed by atoms with E-state index in [4.69, 9.17) is 5.84 Å². The van der Waals surface area contributed by atoms with Crippen molar-refractivity contribution in [2.75, 3.05) is 5.75 Å². The van der Waals surface area contributed by atoms with Gasteiger partial charge in [0.25, 0.3) is 0 Å². The summed E-state index contributed by atoms with van der Waals surface area (Å²) >= 11 is 4.16. The van der Waals surface area contributed by atoms with Gasteiger partial charge in [-0.25, -0.2) is 0 Å². The Bertz CT molecular complexity index is 525. The predicted molar refractivity (Wildman–Crippen MR) is 95.9 cm³/mol. The number of nitrogens with two attached hydrogens (primary N) is 1. The summed E-state index contributed by atoms with van der Waals surface area (Å²) in [6, 6.07) is 17.5. The molecule has 20 heavy (non-hydrogen) atoms. The van der Waals surface area contributed by atoms with Crippen LogP contribution in [0.25, 0.3) is 0 Å². The van der Waals surface area contributed by atoms with E-state index in [2.05, 4.69) is 83.5 Å². The first-order valence-electron chi connectivity index (χ1n) is 6.57. The van der Waals surface area contributed by atoms with Gasteiger partial charge in [0.15, 0.2) is 0 Å². The molecule has 0 saturated heterocycles. The Morgan fingerprint density at radius 2 is 1.75 bits per heavy atom. The fourth-order valence-corrected chi connectivity index (χ4v) is 3.20. The second-order valence-corrected chi connectivity index (χ2v) is 7.16. The maximum atomic E-state index is 5.67. The number of hydrogen-bond donors (Lipinski definition) is 2. The smallest absolute Gasteiger partial charge is 0.0344 e. The normalized spacial score (nSPS) is 12.3. The maximum Gasteiger partial charge on any atom is 0.0344 e. The molecule has 106 valence electrons.